The van der Waals surface area contributed by atoms with Gasteiger partial charge in [0.05, 0.1) is 12.2 Å². The Balaban J connectivity index is 2.23. The molecule has 0 aromatic carbocycles. The molecule has 0 spiro atoms. The van der Waals surface area contributed by atoms with Crippen molar-refractivity contribution in [1.29, 1.82) is 0 Å². The van der Waals surface area contributed by atoms with E-state index in [9.17, 15) is 0 Å². The van der Waals surface area contributed by atoms with Gasteiger partial charge in [0, 0.05) is 5.41 Å². The van der Waals surface area contributed by atoms with E-state index < -0.39 is 0 Å². The lowest BCUT2D eigenvalue weighted by molar-refractivity contribution is 0.271. The quantitative estimate of drug-likeness (QED) is 0.863. The topological polar surface area (TPSA) is 38.1 Å². The highest BCUT2D eigenvalue weighted by molar-refractivity contribution is 5.14. The van der Waals surface area contributed by atoms with E-state index >= 15 is 0 Å². The number of nitrogens with zero attached hydrogens (tertiary/aromatic N) is 1. The van der Waals surface area contributed by atoms with E-state index in [1.807, 2.05) is 13.2 Å². The lowest BCUT2D eigenvalue weighted by Gasteiger charge is -2.28. The first-order valence-electron chi connectivity index (χ1n) is 7.21. The molecule has 1 aromatic heterocycles. The molecule has 0 radical (unpaired) electrons. The van der Waals surface area contributed by atoms with Gasteiger partial charge in [-0.25, -0.2) is 4.98 Å². The van der Waals surface area contributed by atoms with Crippen molar-refractivity contribution < 1.29 is 4.42 Å². The summed E-state index contributed by atoms with van der Waals surface area (Å²) in [4.78, 5) is 4.45. The molecule has 1 aliphatic carbocycles. The van der Waals surface area contributed by atoms with E-state index in [1.165, 1.54) is 32.1 Å². The SMILES string of the molecule is CNC(C)c1ncc(C2(CC(C)C)CCCC2)o1. The average molecular weight is 250 g/mol. The second-order valence-electron chi connectivity index (χ2n) is 6.16. The van der Waals surface area contributed by atoms with E-state index in [4.69, 9.17) is 4.42 Å². The van der Waals surface area contributed by atoms with Crippen molar-refractivity contribution in [3.05, 3.63) is 17.8 Å². The monoisotopic (exact) mass is 250 g/mol. The molecule has 2 rings (SSSR count). The number of oxazole rings is 1. The van der Waals surface area contributed by atoms with Gasteiger partial charge in [-0.1, -0.05) is 26.7 Å². The molecule has 3 nitrogen and oxygen atoms in total. The smallest absolute Gasteiger partial charge is 0.211 e. The van der Waals surface area contributed by atoms with Crippen LogP contribution in [0, 0.1) is 5.92 Å². The zero-order valence-electron chi connectivity index (χ0n) is 12.1. The largest absolute Gasteiger partial charge is 0.443 e. The third kappa shape index (κ3) is 2.61. The third-order valence-corrected chi connectivity index (χ3v) is 4.21. The van der Waals surface area contributed by atoms with Crippen LogP contribution in [0.5, 0.6) is 0 Å². The van der Waals surface area contributed by atoms with E-state index in [-0.39, 0.29) is 11.5 Å². The van der Waals surface area contributed by atoms with Crippen LogP contribution in [0.2, 0.25) is 0 Å². The van der Waals surface area contributed by atoms with Gasteiger partial charge in [-0.05, 0) is 39.2 Å². The molecule has 0 bridgehead atoms. The summed E-state index contributed by atoms with van der Waals surface area (Å²) in [6.45, 7) is 6.68. The van der Waals surface area contributed by atoms with E-state index in [0.717, 1.165) is 11.7 Å². The number of nitrogens with one attached hydrogen (secondary N) is 1. The van der Waals surface area contributed by atoms with E-state index in [1.54, 1.807) is 0 Å². The summed E-state index contributed by atoms with van der Waals surface area (Å²) in [6, 6.07) is 0.191. The molecule has 102 valence electrons. The summed E-state index contributed by atoms with van der Waals surface area (Å²) in [5.74, 6) is 2.65. The minimum atomic E-state index is 0.191. The zero-order valence-corrected chi connectivity index (χ0v) is 12.1. The van der Waals surface area contributed by atoms with Crippen molar-refractivity contribution in [2.24, 2.45) is 5.92 Å². The van der Waals surface area contributed by atoms with Crippen LogP contribution >= 0.6 is 0 Å². The Hall–Kier alpha value is -0.830. The first-order valence-corrected chi connectivity index (χ1v) is 7.21. The van der Waals surface area contributed by atoms with Crippen LogP contribution in [-0.4, -0.2) is 12.0 Å². The first kappa shape index (κ1) is 13.6. The van der Waals surface area contributed by atoms with Crippen LogP contribution in [0.3, 0.4) is 0 Å². The van der Waals surface area contributed by atoms with Crippen molar-refractivity contribution in [2.45, 2.75) is 64.3 Å². The maximum absolute atomic E-state index is 6.05. The van der Waals surface area contributed by atoms with Crippen LogP contribution < -0.4 is 5.32 Å². The predicted molar refractivity (Wildman–Crippen MR) is 73.6 cm³/mol. The molecule has 0 amide bonds. The van der Waals surface area contributed by atoms with Gasteiger partial charge < -0.3 is 9.73 Å². The Morgan fingerprint density at radius 1 is 1.33 bits per heavy atom. The van der Waals surface area contributed by atoms with Crippen molar-refractivity contribution in [2.75, 3.05) is 7.05 Å². The van der Waals surface area contributed by atoms with Gasteiger partial charge in [0.15, 0.2) is 0 Å². The van der Waals surface area contributed by atoms with Gasteiger partial charge in [-0.15, -0.1) is 0 Å². The van der Waals surface area contributed by atoms with Crippen LogP contribution in [0.4, 0.5) is 0 Å². The minimum Gasteiger partial charge on any atom is -0.443 e. The molecular formula is C15H26N2O. The van der Waals surface area contributed by atoms with Crippen LogP contribution in [0.25, 0.3) is 0 Å². The van der Waals surface area contributed by atoms with E-state index in [2.05, 4.69) is 31.1 Å². The normalized spacial score (nSPS) is 20.5. The summed E-state index contributed by atoms with van der Waals surface area (Å²) in [5, 5.41) is 3.18. The molecule has 3 heteroatoms. The van der Waals surface area contributed by atoms with E-state index in [0.29, 0.717) is 5.92 Å². The molecule has 0 aliphatic heterocycles. The highest BCUT2D eigenvalue weighted by Gasteiger charge is 2.39. The van der Waals surface area contributed by atoms with Crippen molar-refractivity contribution in [3.8, 4) is 0 Å². The fourth-order valence-corrected chi connectivity index (χ4v) is 3.24. The number of aromatic nitrogens is 1. The Kier molecular flexibility index (Phi) is 4.10. The summed E-state index contributed by atoms with van der Waals surface area (Å²) in [5.41, 5.74) is 0.257. The maximum atomic E-state index is 6.05. The standard InChI is InChI=1S/C15H26N2O/c1-11(2)9-15(7-5-6-8-15)13-10-17-14(18-13)12(3)16-4/h10-12,16H,5-9H2,1-4H3. The van der Waals surface area contributed by atoms with Crippen LogP contribution in [0.1, 0.15) is 70.6 Å². The molecular weight excluding hydrogens is 224 g/mol. The molecule has 1 unspecified atom stereocenters. The number of hydrogen-bond acceptors (Lipinski definition) is 3. The van der Waals surface area contributed by atoms with Gasteiger partial charge in [0.25, 0.3) is 0 Å². The molecule has 1 fully saturated rings. The van der Waals surface area contributed by atoms with Crippen LogP contribution in [0.15, 0.2) is 10.6 Å². The minimum absolute atomic E-state index is 0.191. The first-order chi connectivity index (χ1) is 8.57. The summed E-state index contributed by atoms with van der Waals surface area (Å²) in [6.07, 6.45) is 8.35. The summed E-state index contributed by atoms with van der Waals surface area (Å²) >= 11 is 0. The fraction of sp³-hybridized carbons (Fsp3) is 0.800. The van der Waals surface area contributed by atoms with Crippen molar-refractivity contribution in [3.63, 3.8) is 0 Å². The summed E-state index contributed by atoms with van der Waals surface area (Å²) < 4.78 is 6.05. The van der Waals surface area contributed by atoms with Gasteiger partial charge in [0.1, 0.15) is 5.76 Å². The zero-order chi connectivity index (χ0) is 13.2. The molecule has 1 saturated carbocycles. The predicted octanol–water partition coefficient (Wildman–Crippen LogP) is 3.81. The Bertz CT molecular complexity index is 378. The molecule has 0 saturated heterocycles. The molecule has 18 heavy (non-hydrogen) atoms. The number of hydrogen-bond donors (Lipinski definition) is 1. The lowest BCUT2D eigenvalue weighted by Crippen LogP contribution is -2.23. The number of rotatable bonds is 5. The fourth-order valence-electron chi connectivity index (χ4n) is 3.24. The highest BCUT2D eigenvalue weighted by atomic mass is 16.4. The molecule has 1 atom stereocenters. The molecule has 1 aliphatic rings. The lowest BCUT2D eigenvalue weighted by atomic mass is 9.77. The van der Waals surface area contributed by atoms with Gasteiger partial charge in [-0.3, -0.25) is 0 Å². The second-order valence-corrected chi connectivity index (χ2v) is 6.16. The van der Waals surface area contributed by atoms with Gasteiger partial charge in [0.2, 0.25) is 5.89 Å². The maximum Gasteiger partial charge on any atom is 0.211 e. The van der Waals surface area contributed by atoms with Crippen molar-refractivity contribution >= 4 is 0 Å². The molecule has 1 aromatic rings. The van der Waals surface area contributed by atoms with Gasteiger partial charge >= 0.3 is 0 Å². The third-order valence-electron chi connectivity index (χ3n) is 4.21. The highest BCUT2D eigenvalue weighted by Crippen LogP contribution is 2.46. The Morgan fingerprint density at radius 3 is 2.56 bits per heavy atom. The summed E-state index contributed by atoms with van der Waals surface area (Å²) in [7, 11) is 1.94. The Morgan fingerprint density at radius 2 is 2.00 bits per heavy atom. The average Bonchev–Trinajstić information content (AvgIpc) is 2.96. The molecule has 1 heterocycles. The molecule has 1 N–H and O–H groups in total. The second kappa shape index (κ2) is 5.43. The Labute approximate surface area is 110 Å². The van der Waals surface area contributed by atoms with Crippen LogP contribution in [-0.2, 0) is 5.41 Å². The van der Waals surface area contributed by atoms with Gasteiger partial charge in [-0.2, -0.15) is 0 Å². The van der Waals surface area contributed by atoms with Crippen molar-refractivity contribution in [1.82, 2.24) is 10.3 Å².